The van der Waals surface area contributed by atoms with Crippen LogP contribution < -0.4 is 10.6 Å². The minimum atomic E-state index is -1.14. The lowest BCUT2D eigenvalue weighted by molar-refractivity contribution is -0.154. The van der Waals surface area contributed by atoms with E-state index in [1.54, 1.807) is 26.0 Å². The van der Waals surface area contributed by atoms with Crippen LogP contribution in [0.2, 0.25) is 4.34 Å². The van der Waals surface area contributed by atoms with Crippen LogP contribution in [0.25, 0.3) is 0 Å². The Morgan fingerprint density at radius 2 is 1.83 bits per heavy atom. The van der Waals surface area contributed by atoms with Gasteiger partial charge in [0.05, 0.1) is 15.6 Å². The number of hydrogen-bond donors (Lipinski definition) is 2. The molecule has 0 saturated heterocycles. The number of thiophene rings is 1. The summed E-state index contributed by atoms with van der Waals surface area (Å²) in [6.07, 6.45) is -1.34. The SMILES string of the molecule is CC(C)NC(=O)NC(=O)[C@H](C)OC(=O)CCC(=O)c1ccc(Cl)s1. The van der Waals surface area contributed by atoms with Gasteiger partial charge in [0, 0.05) is 12.5 Å². The smallest absolute Gasteiger partial charge is 0.321 e. The Hall–Kier alpha value is -1.93. The lowest BCUT2D eigenvalue weighted by Gasteiger charge is -2.14. The summed E-state index contributed by atoms with van der Waals surface area (Å²) in [4.78, 5) is 47.1. The average molecular weight is 375 g/mol. The lowest BCUT2D eigenvalue weighted by atomic mass is 10.2. The molecule has 0 aliphatic rings. The molecule has 1 atom stereocenters. The van der Waals surface area contributed by atoms with Crippen LogP contribution in [-0.4, -0.2) is 35.8 Å². The summed E-state index contributed by atoms with van der Waals surface area (Å²) in [6.45, 7) is 4.83. The highest BCUT2D eigenvalue weighted by atomic mass is 35.5. The highest BCUT2D eigenvalue weighted by molar-refractivity contribution is 7.18. The van der Waals surface area contributed by atoms with Gasteiger partial charge in [-0.15, -0.1) is 11.3 Å². The number of nitrogens with one attached hydrogen (secondary N) is 2. The van der Waals surface area contributed by atoms with Gasteiger partial charge in [-0.05, 0) is 32.9 Å². The summed E-state index contributed by atoms with van der Waals surface area (Å²) < 4.78 is 5.40. The molecular formula is C15H19ClN2O5S. The number of urea groups is 1. The fraction of sp³-hybridized carbons (Fsp3) is 0.467. The number of esters is 1. The largest absolute Gasteiger partial charge is 0.453 e. The summed E-state index contributed by atoms with van der Waals surface area (Å²) in [7, 11) is 0. The Morgan fingerprint density at radius 1 is 1.17 bits per heavy atom. The van der Waals surface area contributed by atoms with Gasteiger partial charge in [-0.2, -0.15) is 0 Å². The quantitative estimate of drug-likeness (QED) is 0.564. The molecule has 0 unspecified atom stereocenters. The van der Waals surface area contributed by atoms with Gasteiger partial charge in [-0.1, -0.05) is 11.6 Å². The molecule has 3 amide bonds. The number of carbonyl (C=O) groups is 4. The third kappa shape index (κ3) is 7.10. The van der Waals surface area contributed by atoms with Gasteiger partial charge in [-0.25, -0.2) is 4.79 Å². The second-order valence-electron chi connectivity index (χ2n) is 5.28. The van der Waals surface area contributed by atoms with Crippen molar-refractivity contribution in [2.45, 2.75) is 45.8 Å². The predicted octanol–water partition coefficient (Wildman–Crippen LogP) is 2.53. The zero-order chi connectivity index (χ0) is 18.3. The highest BCUT2D eigenvalue weighted by Crippen LogP contribution is 2.22. The van der Waals surface area contributed by atoms with E-state index in [9.17, 15) is 19.2 Å². The molecule has 132 valence electrons. The van der Waals surface area contributed by atoms with Crippen molar-refractivity contribution in [1.82, 2.24) is 10.6 Å². The number of Topliss-reactive ketones (excluding diaryl/α,β-unsaturated/α-hetero) is 1. The van der Waals surface area contributed by atoms with Gasteiger partial charge in [-0.3, -0.25) is 19.7 Å². The molecule has 1 rings (SSSR count). The second kappa shape index (κ2) is 9.39. The lowest BCUT2D eigenvalue weighted by Crippen LogP contribution is -2.46. The second-order valence-corrected chi connectivity index (χ2v) is 6.99. The Balaban J connectivity index is 2.37. The normalized spacial score (nSPS) is 11.7. The fourth-order valence-electron chi connectivity index (χ4n) is 1.62. The number of rotatable bonds is 7. The maximum absolute atomic E-state index is 11.8. The maximum Gasteiger partial charge on any atom is 0.321 e. The van der Waals surface area contributed by atoms with Crippen LogP contribution in [0.1, 0.15) is 43.3 Å². The first kappa shape index (κ1) is 20.1. The minimum absolute atomic E-state index is 0.0438. The number of carbonyl (C=O) groups excluding carboxylic acids is 4. The number of imide groups is 1. The van der Waals surface area contributed by atoms with E-state index in [1.807, 2.05) is 0 Å². The first-order chi connectivity index (χ1) is 11.2. The molecular weight excluding hydrogens is 356 g/mol. The molecule has 1 heterocycles. The molecule has 0 fully saturated rings. The van der Waals surface area contributed by atoms with E-state index in [2.05, 4.69) is 10.6 Å². The van der Waals surface area contributed by atoms with Crippen molar-refractivity contribution in [2.75, 3.05) is 0 Å². The summed E-state index contributed by atoms with van der Waals surface area (Å²) in [5, 5.41) is 4.54. The van der Waals surface area contributed by atoms with Gasteiger partial charge >= 0.3 is 12.0 Å². The summed E-state index contributed by atoms with van der Waals surface area (Å²) in [5.41, 5.74) is 0. The van der Waals surface area contributed by atoms with Crippen molar-refractivity contribution in [3.05, 3.63) is 21.3 Å². The third-order valence-corrected chi connectivity index (χ3v) is 4.01. The monoisotopic (exact) mass is 374 g/mol. The number of hydrogen-bond acceptors (Lipinski definition) is 6. The van der Waals surface area contributed by atoms with Gasteiger partial charge in [0.15, 0.2) is 11.9 Å². The Morgan fingerprint density at radius 3 is 2.38 bits per heavy atom. The minimum Gasteiger partial charge on any atom is -0.453 e. The summed E-state index contributed by atoms with van der Waals surface area (Å²) in [5.74, 6) is -1.66. The van der Waals surface area contributed by atoms with Crippen LogP contribution in [0.15, 0.2) is 12.1 Å². The molecule has 9 heteroatoms. The van der Waals surface area contributed by atoms with Crippen LogP contribution in [0.4, 0.5) is 4.79 Å². The Labute approximate surface area is 148 Å². The van der Waals surface area contributed by atoms with Crippen molar-refractivity contribution in [3.8, 4) is 0 Å². The first-order valence-electron chi connectivity index (χ1n) is 7.28. The van der Waals surface area contributed by atoms with Crippen LogP contribution in [0.3, 0.4) is 0 Å². The zero-order valence-corrected chi connectivity index (χ0v) is 15.1. The van der Waals surface area contributed by atoms with E-state index in [0.717, 1.165) is 11.3 Å². The van der Waals surface area contributed by atoms with Gasteiger partial charge in [0.2, 0.25) is 0 Å². The van der Waals surface area contributed by atoms with E-state index in [4.69, 9.17) is 16.3 Å². The third-order valence-electron chi connectivity index (χ3n) is 2.74. The predicted molar refractivity (Wildman–Crippen MR) is 90.3 cm³/mol. The van der Waals surface area contributed by atoms with Crippen molar-refractivity contribution in [3.63, 3.8) is 0 Å². The molecule has 0 bridgehead atoms. The molecule has 0 aromatic carbocycles. The molecule has 7 nitrogen and oxygen atoms in total. The number of halogens is 1. The number of amides is 3. The van der Waals surface area contributed by atoms with E-state index in [0.29, 0.717) is 9.21 Å². The van der Waals surface area contributed by atoms with Gasteiger partial charge in [0.1, 0.15) is 0 Å². The highest BCUT2D eigenvalue weighted by Gasteiger charge is 2.21. The Bertz CT molecular complexity index is 629. The van der Waals surface area contributed by atoms with Crippen molar-refractivity contribution >= 4 is 46.6 Å². The molecule has 0 spiro atoms. The van der Waals surface area contributed by atoms with Gasteiger partial charge in [0.25, 0.3) is 5.91 Å². The molecule has 0 radical (unpaired) electrons. The van der Waals surface area contributed by atoms with E-state index in [-0.39, 0.29) is 24.7 Å². The van der Waals surface area contributed by atoms with E-state index >= 15 is 0 Å². The fourth-order valence-corrected chi connectivity index (χ4v) is 2.63. The van der Waals surface area contributed by atoms with E-state index < -0.39 is 24.0 Å². The standard InChI is InChI=1S/C15H19ClN2O5S/c1-8(2)17-15(22)18-14(21)9(3)23-13(20)7-4-10(19)11-5-6-12(16)24-11/h5-6,8-9H,4,7H2,1-3H3,(H2,17,18,21,22)/t9-/m0/s1. The molecule has 1 aromatic heterocycles. The molecule has 0 saturated carbocycles. The van der Waals surface area contributed by atoms with Gasteiger partial charge < -0.3 is 10.1 Å². The number of ketones is 1. The summed E-state index contributed by atoms with van der Waals surface area (Å²) in [6, 6.07) is 2.39. The molecule has 0 aliphatic carbocycles. The first-order valence-corrected chi connectivity index (χ1v) is 8.48. The van der Waals surface area contributed by atoms with Crippen LogP contribution in [0.5, 0.6) is 0 Å². The summed E-state index contributed by atoms with van der Waals surface area (Å²) >= 11 is 6.87. The van der Waals surface area contributed by atoms with Crippen molar-refractivity contribution in [1.29, 1.82) is 0 Å². The molecule has 0 aliphatic heterocycles. The topological polar surface area (TPSA) is 102 Å². The van der Waals surface area contributed by atoms with Crippen LogP contribution in [-0.2, 0) is 14.3 Å². The van der Waals surface area contributed by atoms with Crippen molar-refractivity contribution in [2.24, 2.45) is 0 Å². The Kier molecular flexibility index (Phi) is 7.87. The number of ether oxygens (including phenoxy) is 1. The molecule has 24 heavy (non-hydrogen) atoms. The van der Waals surface area contributed by atoms with Crippen LogP contribution in [0, 0.1) is 0 Å². The maximum atomic E-state index is 11.8. The van der Waals surface area contributed by atoms with Crippen LogP contribution >= 0.6 is 22.9 Å². The van der Waals surface area contributed by atoms with Crippen molar-refractivity contribution < 1.29 is 23.9 Å². The molecule has 1 aromatic rings. The average Bonchev–Trinajstić information content (AvgIpc) is 2.90. The van der Waals surface area contributed by atoms with E-state index in [1.165, 1.54) is 6.92 Å². The zero-order valence-electron chi connectivity index (χ0n) is 13.6. The molecule has 2 N–H and O–H groups in total.